The zero-order valence-electron chi connectivity index (χ0n) is 11.2. The van der Waals surface area contributed by atoms with Crippen LogP contribution >= 0.6 is 0 Å². The fourth-order valence-electron chi connectivity index (χ4n) is 2.12. The van der Waals surface area contributed by atoms with Crippen molar-refractivity contribution in [2.75, 3.05) is 0 Å². The van der Waals surface area contributed by atoms with Crippen molar-refractivity contribution in [3.63, 3.8) is 0 Å². The molecular formula is C14H14F3NO3. The molecule has 1 aromatic rings. The van der Waals surface area contributed by atoms with E-state index in [1.807, 2.05) is 0 Å². The number of carboxylic acids is 1. The van der Waals surface area contributed by atoms with Crippen LogP contribution < -0.4 is 5.32 Å². The molecule has 7 heteroatoms. The third-order valence-corrected chi connectivity index (χ3v) is 3.87. The molecule has 0 radical (unpaired) electrons. The molecule has 2 N–H and O–H groups in total. The number of carboxylic acid groups (broad SMARTS) is 1. The molecule has 1 aliphatic rings. The van der Waals surface area contributed by atoms with Crippen LogP contribution in [0.2, 0.25) is 0 Å². The number of halogens is 3. The van der Waals surface area contributed by atoms with Crippen LogP contribution in [0.15, 0.2) is 30.3 Å². The van der Waals surface area contributed by atoms with Crippen LogP contribution in [0.3, 0.4) is 0 Å². The summed E-state index contributed by atoms with van der Waals surface area (Å²) in [5.41, 5.74) is -3.75. The molecule has 0 aromatic heterocycles. The Morgan fingerprint density at radius 2 is 1.71 bits per heavy atom. The largest absolute Gasteiger partial charge is 0.479 e. The van der Waals surface area contributed by atoms with Crippen molar-refractivity contribution < 1.29 is 27.9 Å². The average molecular weight is 301 g/mol. The molecular weight excluding hydrogens is 287 g/mol. The summed E-state index contributed by atoms with van der Waals surface area (Å²) >= 11 is 0. The van der Waals surface area contributed by atoms with E-state index < -0.39 is 29.0 Å². The fraction of sp³-hybridized carbons (Fsp3) is 0.429. The van der Waals surface area contributed by atoms with Gasteiger partial charge in [-0.1, -0.05) is 30.3 Å². The first-order valence-corrected chi connectivity index (χ1v) is 6.32. The maximum Gasteiger partial charge on any atom is 0.422 e. The number of carbonyl (C=O) groups excluding carboxylic acids is 1. The summed E-state index contributed by atoms with van der Waals surface area (Å²) in [7, 11) is 0. The lowest BCUT2D eigenvalue weighted by molar-refractivity contribution is -0.207. The number of hydrogen-bond acceptors (Lipinski definition) is 2. The van der Waals surface area contributed by atoms with E-state index >= 15 is 0 Å². The summed E-state index contributed by atoms with van der Waals surface area (Å²) in [5.74, 6) is -3.04. The second-order valence-electron chi connectivity index (χ2n) is 5.33. The number of aliphatic carboxylic acids is 1. The molecule has 0 spiro atoms. The van der Waals surface area contributed by atoms with Crippen molar-refractivity contribution in [1.82, 2.24) is 5.32 Å². The zero-order chi connectivity index (χ0) is 15.9. The van der Waals surface area contributed by atoms with Gasteiger partial charge < -0.3 is 10.4 Å². The van der Waals surface area contributed by atoms with Gasteiger partial charge in [-0.3, -0.25) is 4.79 Å². The van der Waals surface area contributed by atoms with Gasteiger partial charge in [-0.25, -0.2) is 4.79 Å². The van der Waals surface area contributed by atoms with E-state index in [2.05, 4.69) is 0 Å². The number of carbonyl (C=O) groups is 2. The Balaban J connectivity index is 2.28. The van der Waals surface area contributed by atoms with Crippen molar-refractivity contribution in [3.05, 3.63) is 35.9 Å². The highest BCUT2D eigenvalue weighted by Crippen LogP contribution is 2.49. The fourth-order valence-corrected chi connectivity index (χ4v) is 2.12. The molecule has 1 aliphatic carbocycles. The van der Waals surface area contributed by atoms with E-state index in [-0.39, 0.29) is 0 Å². The number of nitrogens with one attached hydrogen (secondary N) is 1. The molecule has 2 rings (SSSR count). The van der Waals surface area contributed by atoms with Crippen molar-refractivity contribution in [3.8, 4) is 0 Å². The van der Waals surface area contributed by atoms with Gasteiger partial charge in [0.25, 0.3) is 0 Å². The average Bonchev–Trinajstić information content (AvgIpc) is 3.19. The van der Waals surface area contributed by atoms with Gasteiger partial charge in [0.05, 0.1) is 5.41 Å². The lowest BCUT2D eigenvalue weighted by Crippen LogP contribution is -2.63. The Morgan fingerprint density at radius 3 is 2.10 bits per heavy atom. The maximum absolute atomic E-state index is 12.9. The highest BCUT2D eigenvalue weighted by Gasteiger charge is 2.61. The molecule has 0 aliphatic heterocycles. The predicted octanol–water partition coefficient (Wildman–Crippen LogP) is 2.24. The van der Waals surface area contributed by atoms with E-state index in [0.29, 0.717) is 25.3 Å². The summed E-state index contributed by atoms with van der Waals surface area (Å²) in [6.45, 7) is 0.453. The second kappa shape index (κ2) is 4.75. The molecule has 1 aromatic carbocycles. The number of amides is 1. The lowest BCUT2D eigenvalue weighted by atomic mass is 9.92. The summed E-state index contributed by atoms with van der Waals surface area (Å²) in [5, 5.41) is 10.5. The summed E-state index contributed by atoms with van der Waals surface area (Å²) in [6.07, 6.45) is -4.28. The van der Waals surface area contributed by atoms with Crippen molar-refractivity contribution >= 4 is 11.9 Å². The summed E-state index contributed by atoms with van der Waals surface area (Å²) in [6, 6.07) is 8.40. The van der Waals surface area contributed by atoms with Gasteiger partial charge in [0, 0.05) is 0 Å². The van der Waals surface area contributed by atoms with Gasteiger partial charge in [-0.05, 0) is 25.3 Å². The molecule has 1 fully saturated rings. The van der Waals surface area contributed by atoms with Crippen LogP contribution in [0, 0.1) is 0 Å². The maximum atomic E-state index is 12.9. The van der Waals surface area contributed by atoms with E-state index in [1.54, 1.807) is 35.6 Å². The molecule has 114 valence electrons. The molecule has 4 nitrogen and oxygen atoms in total. The number of alkyl halides is 3. The highest BCUT2D eigenvalue weighted by molar-refractivity contribution is 5.95. The molecule has 0 saturated heterocycles. The Labute approximate surface area is 119 Å². The number of rotatable bonds is 4. The molecule has 21 heavy (non-hydrogen) atoms. The normalized spacial score (nSPS) is 19.4. The first kappa shape index (κ1) is 15.3. The molecule has 0 bridgehead atoms. The zero-order valence-corrected chi connectivity index (χ0v) is 11.2. The van der Waals surface area contributed by atoms with Crippen LogP contribution in [0.5, 0.6) is 0 Å². The molecule has 1 saturated carbocycles. The highest BCUT2D eigenvalue weighted by atomic mass is 19.4. The molecule has 1 atom stereocenters. The van der Waals surface area contributed by atoms with Crippen LogP contribution in [0.25, 0.3) is 0 Å². The molecule has 1 amide bonds. The van der Waals surface area contributed by atoms with Gasteiger partial charge in [-0.15, -0.1) is 0 Å². The van der Waals surface area contributed by atoms with Crippen molar-refractivity contribution in [2.45, 2.75) is 36.9 Å². The standard InChI is InChI=1S/C14H14F3NO3/c1-12(11(20)21,14(15,16)17)18-10(19)13(7-8-13)9-5-3-2-4-6-9/h2-6H,7-8H2,1H3,(H,18,19)(H,20,21). The predicted molar refractivity (Wildman–Crippen MR) is 67.6 cm³/mol. The number of benzene rings is 1. The van der Waals surface area contributed by atoms with Crippen LogP contribution in [-0.4, -0.2) is 28.7 Å². The Morgan fingerprint density at radius 1 is 1.19 bits per heavy atom. The van der Waals surface area contributed by atoms with E-state index in [4.69, 9.17) is 5.11 Å². The minimum atomic E-state index is -5.08. The van der Waals surface area contributed by atoms with Crippen molar-refractivity contribution in [1.29, 1.82) is 0 Å². The van der Waals surface area contributed by atoms with Gasteiger partial charge in [0.1, 0.15) is 0 Å². The van der Waals surface area contributed by atoms with E-state index in [1.165, 1.54) is 0 Å². The molecule has 0 heterocycles. The lowest BCUT2D eigenvalue weighted by Gasteiger charge is -2.30. The monoisotopic (exact) mass is 301 g/mol. The third kappa shape index (κ3) is 2.48. The van der Waals surface area contributed by atoms with E-state index in [9.17, 15) is 22.8 Å². The van der Waals surface area contributed by atoms with Gasteiger partial charge in [0.2, 0.25) is 11.4 Å². The van der Waals surface area contributed by atoms with Gasteiger partial charge >= 0.3 is 12.1 Å². The van der Waals surface area contributed by atoms with Crippen LogP contribution in [0.1, 0.15) is 25.3 Å². The minimum Gasteiger partial charge on any atom is -0.479 e. The topological polar surface area (TPSA) is 66.4 Å². The number of hydrogen-bond donors (Lipinski definition) is 2. The van der Waals surface area contributed by atoms with Crippen molar-refractivity contribution in [2.24, 2.45) is 0 Å². The van der Waals surface area contributed by atoms with Gasteiger partial charge in [-0.2, -0.15) is 13.2 Å². The first-order valence-electron chi connectivity index (χ1n) is 6.32. The van der Waals surface area contributed by atoms with Crippen LogP contribution in [0.4, 0.5) is 13.2 Å². The SMILES string of the molecule is CC(NC(=O)C1(c2ccccc2)CC1)(C(=O)O)C(F)(F)F. The summed E-state index contributed by atoms with van der Waals surface area (Å²) in [4.78, 5) is 23.2. The quantitative estimate of drug-likeness (QED) is 0.896. The van der Waals surface area contributed by atoms with Gasteiger partial charge in [0.15, 0.2) is 0 Å². The summed E-state index contributed by atoms with van der Waals surface area (Å²) < 4.78 is 38.8. The Bertz CT molecular complexity index is 567. The Kier molecular flexibility index (Phi) is 3.47. The first-order chi connectivity index (χ1) is 9.63. The van der Waals surface area contributed by atoms with Crippen LogP contribution in [-0.2, 0) is 15.0 Å². The van der Waals surface area contributed by atoms with E-state index in [0.717, 1.165) is 0 Å². The minimum absolute atomic E-state index is 0.399. The third-order valence-electron chi connectivity index (χ3n) is 3.87. The second-order valence-corrected chi connectivity index (χ2v) is 5.33. The molecule has 1 unspecified atom stereocenters. The Hall–Kier alpha value is -2.05. The smallest absolute Gasteiger partial charge is 0.422 e.